The van der Waals surface area contributed by atoms with Gasteiger partial charge in [0.05, 0.1) is 0 Å². The van der Waals surface area contributed by atoms with Crippen LogP contribution in [0.3, 0.4) is 0 Å². The number of benzene rings is 1. The van der Waals surface area contributed by atoms with Crippen LogP contribution >= 0.6 is 11.6 Å². The number of urea groups is 1. The van der Waals surface area contributed by atoms with E-state index in [1.807, 2.05) is 13.8 Å². The van der Waals surface area contributed by atoms with Crippen molar-refractivity contribution < 1.29 is 14.7 Å². The van der Waals surface area contributed by atoms with Crippen molar-refractivity contribution in [3.8, 4) is 0 Å². The fourth-order valence-corrected chi connectivity index (χ4v) is 1.55. The van der Waals surface area contributed by atoms with Gasteiger partial charge >= 0.3 is 12.0 Å². The zero-order chi connectivity index (χ0) is 14.4. The molecule has 104 valence electrons. The van der Waals surface area contributed by atoms with E-state index in [1.54, 1.807) is 24.3 Å². The Kier molecular flexibility index (Phi) is 5.63. The average Bonchev–Trinajstić information content (AvgIpc) is 2.36. The zero-order valence-electron chi connectivity index (χ0n) is 10.9. The number of hydrogen-bond donors (Lipinski definition) is 2. The van der Waals surface area contributed by atoms with Crippen LogP contribution in [-0.4, -0.2) is 29.7 Å². The van der Waals surface area contributed by atoms with Gasteiger partial charge in [-0.05, 0) is 37.6 Å². The predicted molar refractivity (Wildman–Crippen MR) is 74.7 cm³/mol. The van der Waals surface area contributed by atoms with Gasteiger partial charge < -0.3 is 10.4 Å². The van der Waals surface area contributed by atoms with Crippen molar-refractivity contribution in [3.05, 3.63) is 29.3 Å². The summed E-state index contributed by atoms with van der Waals surface area (Å²) in [7, 11) is 0. The van der Waals surface area contributed by atoms with Crippen molar-refractivity contribution >= 4 is 29.3 Å². The maximum Gasteiger partial charge on any atom is 0.323 e. The van der Waals surface area contributed by atoms with E-state index in [2.05, 4.69) is 5.32 Å². The van der Waals surface area contributed by atoms with E-state index in [9.17, 15) is 9.59 Å². The second-order valence-electron chi connectivity index (χ2n) is 4.22. The molecule has 6 heteroatoms. The van der Waals surface area contributed by atoms with Gasteiger partial charge in [0.2, 0.25) is 0 Å². The molecule has 2 amide bonds. The first-order chi connectivity index (χ1) is 8.93. The number of carboxylic acid groups (broad SMARTS) is 1. The first kappa shape index (κ1) is 15.3. The van der Waals surface area contributed by atoms with E-state index < -0.39 is 18.5 Å². The van der Waals surface area contributed by atoms with Gasteiger partial charge in [0.1, 0.15) is 6.54 Å². The molecule has 0 saturated carbocycles. The Morgan fingerprint density at radius 3 is 2.42 bits per heavy atom. The number of hydrogen-bond acceptors (Lipinski definition) is 2. The molecule has 1 aromatic rings. The molecule has 0 radical (unpaired) electrons. The third kappa shape index (κ3) is 4.79. The third-order valence-corrected chi connectivity index (χ3v) is 2.91. The van der Waals surface area contributed by atoms with Crippen molar-refractivity contribution in [1.82, 2.24) is 5.32 Å². The highest BCUT2D eigenvalue weighted by molar-refractivity contribution is 6.30. The number of rotatable bonds is 5. The predicted octanol–water partition coefficient (Wildman–Crippen LogP) is 2.74. The number of carbonyl (C=O) groups excluding carboxylic acids is 1. The minimum atomic E-state index is -1.07. The molecular formula is C13H17ClN2O3. The minimum absolute atomic E-state index is 0.0175. The lowest BCUT2D eigenvalue weighted by molar-refractivity contribution is -0.135. The smallest absolute Gasteiger partial charge is 0.323 e. The molecular weight excluding hydrogens is 268 g/mol. The van der Waals surface area contributed by atoms with Crippen LogP contribution in [0.1, 0.15) is 20.3 Å². The molecule has 0 saturated heterocycles. The molecule has 1 aromatic carbocycles. The molecule has 19 heavy (non-hydrogen) atoms. The number of nitrogens with zero attached hydrogens (tertiary/aromatic N) is 1. The lowest BCUT2D eigenvalue weighted by Crippen LogP contribution is -2.46. The highest BCUT2D eigenvalue weighted by Crippen LogP contribution is 2.18. The summed E-state index contributed by atoms with van der Waals surface area (Å²) in [6.45, 7) is 3.40. The van der Waals surface area contributed by atoms with Crippen molar-refractivity contribution in [1.29, 1.82) is 0 Å². The van der Waals surface area contributed by atoms with Crippen molar-refractivity contribution in [3.63, 3.8) is 0 Å². The summed E-state index contributed by atoms with van der Waals surface area (Å²) >= 11 is 5.77. The number of aliphatic carboxylic acids is 1. The third-order valence-electron chi connectivity index (χ3n) is 2.66. The summed E-state index contributed by atoms with van der Waals surface area (Å²) in [5.41, 5.74) is 0.493. The molecule has 0 aliphatic heterocycles. The number of nitrogens with one attached hydrogen (secondary N) is 1. The highest BCUT2D eigenvalue weighted by atomic mass is 35.5. The molecule has 0 fully saturated rings. The van der Waals surface area contributed by atoms with Gasteiger partial charge in [-0.15, -0.1) is 0 Å². The Balaban J connectivity index is 2.91. The number of anilines is 1. The second kappa shape index (κ2) is 6.99. The lowest BCUT2D eigenvalue weighted by Gasteiger charge is -2.23. The monoisotopic (exact) mass is 284 g/mol. The van der Waals surface area contributed by atoms with E-state index in [0.29, 0.717) is 10.7 Å². The first-order valence-electron chi connectivity index (χ1n) is 5.99. The Labute approximate surface area is 117 Å². The molecule has 1 atom stereocenters. The van der Waals surface area contributed by atoms with Crippen LogP contribution in [0.25, 0.3) is 0 Å². The summed E-state index contributed by atoms with van der Waals surface area (Å²) in [5.74, 6) is -1.07. The number of amides is 2. The van der Waals surface area contributed by atoms with Crippen molar-refractivity contribution in [2.75, 3.05) is 11.4 Å². The number of halogens is 1. The fraction of sp³-hybridized carbons (Fsp3) is 0.385. The van der Waals surface area contributed by atoms with Crippen LogP contribution in [0.2, 0.25) is 5.02 Å². The maximum absolute atomic E-state index is 12.1. The quantitative estimate of drug-likeness (QED) is 0.873. The number of carboxylic acids is 1. The van der Waals surface area contributed by atoms with Gasteiger partial charge in [-0.1, -0.05) is 18.5 Å². The van der Waals surface area contributed by atoms with E-state index >= 15 is 0 Å². The number of carbonyl (C=O) groups is 2. The zero-order valence-corrected chi connectivity index (χ0v) is 11.6. The van der Waals surface area contributed by atoms with Gasteiger partial charge in [0.15, 0.2) is 0 Å². The Bertz CT molecular complexity index is 448. The summed E-state index contributed by atoms with van der Waals surface area (Å²) < 4.78 is 0. The molecule has 0 heterocycles. The van der Waals surface area contributed by atoms with E-state index in [1.165, 1.54) is 4.90 Å². The minimum Gasteiger partial charge on any atom is -0.480 e. The molecule has 0 aliphatic rings. The van der Waals surface area contributed by atoms with E-state index in [0.717, 1.165) is 6.42 Å². The average molecular weight is 285 g/mol. The van der Waals surface area contributed by atoms with Crippen molar-refractivity contribution in [2.45, 2.75) is 26.3 Å². The van der Waals surface area contributed by atoms with E-state index in [4.69, 9.17) is 16.7 Å². The van der Waals surface area contributed by atoms with Gasteiger partial charge in [-0.3, -0.25) is 9.69 Å². The summed E-state index contributed by atoms with van der Waals surface area (Å²) in [4.78, 5) is 24.1. The molecule has 0 spiro atoms. The van der Waals surface area contributed by atoms with Gasteiger partial charge in [-0.2, -0.15) is 0 Å². The normalized spacial score (nSPS) is 11.7. The highest BCUT2D eigenvalue weighted by Gasteiger charge is 2.19. The molecule has 1 unspecified atom stereocenters. The van der Waals surface area contributed by atoms with Gasteiger partial charge in [0.25, 0.3) is 0 Å². The molecule has 1 rings (SSSR count). The standard InChI is InChI=1S/C13H17ClN2O3/c1-3-9(2)15-13(19)16(8-12(17)18)11-6-4-10(14)5-7-11/h4-7,9H,3,8H2,1-2H3,(H,15,19)(H,17,18). The molecule has 0 aromatic heterocycles. The van der Waals surface area contributed by atoms with Crippen LogP contribution in [-0.2, 0) is 4.79 Å². The lowest BCUT2D eigenvalue weighted by atomic mass is 10.2. The molecule has 2 N–H and O–H groups in total. The van der Waals surface area contributed by atoms with Gasteiger partial charge in [-0.25, -0.2) is 4.79 Å². The second-order valence-corrected chi connectivity index (χ2v) is 4.65. The van der Waals surface area contributed by atoms with Crippen LogP contribution < -0.4 is 10.2 Å². The summed E-state index contributed by atoms with van der Waals surface area (Å²) in [6, 6.07) is 6.00. The SMILES string of the molecule is CCC(C)NC(=O)N(CC(=O)O)c1ccc(Cl)cc1. The van der Waals surface area contributed by atoms with Crippen LogP contribution in [0, 0.1) is 0 Å². The molecule has 5 nitrogen and oxygen atoms in total. The topological polar surface area (TPSA) is 69.6 Å². The van der Waals surface area contributed by atoms with Crippen LogP contribution in [0.5, 0.6) is 0 Å². The van der Waals surface area contributed by atoms with Gasteiger partial charge in [0, 0.05) is 16.8 Å². The Morgan fingerprint density at radius 1 is 1.37 bits per heavy atom. The summed E-state index contributed by atoms with van der Waals surface area (Å²) in [6.07, 6.45) is 0.771. The Hall–Kier alpha value is -1.75. The molecule has 0 bridgehead atoms. The fourth-order valence-electron chi connectivity index (χ4n) is 1.43. The first-order valence-corrected chi connectivity index (χ1v) is 6.37. The van der Waals surface area contributed by atoms with E-state index in [-0.39, 0.29) is 6.04 Å². The largest absolute Gasteiger partial charge is 0.480 e. The Morgan fingerprint density at radius 2 is 1.95 bits per heavy atom. The summed E-state index contributed by atoms with van der Waals surface area (Å²) in [5, 5.41) is 12.2. The maximum atomic E-state index is 12.1. The van der Waals surface area contributed by atoms with Crippen LogP contribution in [0.4, 0.5) is 10.5 Å². The molecule has 0 aliphatic carbocycles. The van der Waals surface area contributed by atoms with Crippen molar-refractivity contribution in [2.24, 2.45) is 0 Å². The van der Waals surface area contributed by atoms with Crippen LogP contribution in [0.15, 0.2) is 24.3 Å².